The van der Waals surface area contributed by atoms with Crippen LogP contribution in [0.3, 0.4) is 0 Å². The summed E-state index contributed by atoms with van der Waals surface area (Å²) < 4.78 is 22.8. The van der Waals surface area contributed by atoms with E-state index in [4.69, 9.17) is 18.9 Å². The van der Waals surface area contributed by atoms with Crippen LogP contribution in [0, 0.1) is 0 Å². The van der Waals surface area contributed by atoms with Crippen molar-refractivity contribution in [2.24, 2.45) is 0 Å². The lowest BCUT2D eigenvalue weighted by atomic mass is 10.0. The van der Waals surface area contributed by atoms with Gasteiger partial charge in [-0.25, -0.2) is 0 Å². The number of carboxylic acid groups (broad SMARTS) is 1. The first-order valence-electron chi connectivity index (χ1n) is 40.9. The molecule has 9 heteroatoms. The minimum atomic E-state index is -1.65. The molecule has 0 aliphatic heterocycles. The lowest BCUT2D eigenvalue weighted by Gasteiger charge is -2.26. The predicted octanol–water partition coefficient (Wildman–Crippen LogP) is 25.5. The van der Waals surface area contributed by atoms with Gasteiger partial charge in [-0.2, -0.15) is 0 Å². The first-order valence-corrected chi connectivity index (χ1v) is 40.9. The van der Waals surface area contributed by atoms with Gasteiger partial charge < -0.3 is 33.3 Å². The third kappa shape index (κ3) is 82.8. The molecule has 0 heterocycles. The molecule has 0 aromatic rings. The maximum Gasteiger partial charge on any atom is 0.306 e. The van der Waals surface area contributed by atoms with E-state index in [2.05, 4.69) is 233 Å². The third-order valence-corrected chi connectivity index (χ3v) is 16.7. The SMILES string of the molecule is CC/C=C\C/C=C\C/C=C\C/C=C\C/C=C\C/C=C\C/C=C\C/C=C\C/C=C\C/C=C\C/C=C\C/C=C\CCCCC(=O)OC(COC(=O)CCCCCCCCCCCCCCCCCCCCCC/C=C\C/C=C\C/C=C\C/C=C\C/C=C\C/C=C\CC)COC(OCC[N+](C)(C)C)C(=O)[O-]. The van der Waals surface area contributed by atoms with Gasteiger partial charge in [0.2, 0.25) is 0 Å². The lowest BCUT2D eigenvalue weighted by molar-refractivity contribution is -0.870. The fourth-order valence-electron chi connectivity index (χ4n) is 10.6. The number of unbranched alkanes of at least 4 members (excludes halogenated alkanes) is 22. The second-order valence-corrected chi connectivity index (χ2v) is 27.6. The van der Waals surface area contributed by atoms with E-state index in [9.17, 15) is 19.5 Å². The number of carbonyl (C=O) groups excluding carboxylic acids is 3. The number of allylic oxidation sites excluding steroid dienone is 36. The Labute approximate surface area is 632 Å². The highest BCUT2D eigenvalue weighted by Crippen LogP contribution is 2.17. The molecule has 2 unspecified atom stereocenters. The van der Waals surface area contributed by atoms with Crippen molar-refractivity contribution in [3.8, 4) is 0 Å². The minimum absolute atomic E-state index is 0.129. The van der Waals surface area contributed by atoms with Crippen molar-refractivity contribution in [2.45, 2.75) is 309 Å². The fourth-order valence-corrected chi connectivity index (χ4v) is 10.6. The van der Waals surface area contributed by atoms with E-state index in [0.717, 1.165) is 148 Å². The number of rotatable bonds is 73. The Kier molecular flexibility index (Phi) is 76.2. The number of aliphatic carboxylic acids is 1. The molecular weight excluding hydrogens is 1270 g/mol. The van der Waals surface area contributed by atoms with Gasteiger partial charge in [0.1, 0.15) is 13.2 Å². The first kappa shape index (κ1) is 96.6. The van der Waals surface area contributed by atoms with E-state index in [1.54, 1.807) is 0 Å². The number of carboxylic acids is 1. The summed E-state index contributed by atoms with van der Waals surface area (Å²) in [6.07, 6.45) is 125. The average Bonchev–Trinajstić information content (AvgIpc) is 0.985. The van der Waals surface area contributed by atoms with Gasteiger partial charge in [-0.05, 0) is 154 Å². The highest BCUT2D eigenvalue weighted by molar-refractivity contribution is 5.70. The monoisotopic (exact) mass is 1420 g/mol. The molecule has 0 spiro atoms. The fraction of sp³-hybridized carbons (Fsp3) is 0.585. The van der Waals surface area contributed by atoms with Gasteiger partial charge in [0.15, 0.2) is 12.4 Å². The van der Waals surface area contributed by atoms with Gasteiger partial charge in [-0.15, -0.1) is 0 Å². The van der Waals surface area contributed by atoms with Crippen molar-refractivity contribution in [3.63, 3.8) is 0 Å². The molecule has 0 saturated carbocycles. The van der Waals surface area contributed by atoms with Crippen molar-refractivity contribution in [2.75, 3.05) is 47.5 Å². The van der Waals surface area contributed by atoms with Crippen LogP contribution in [0.15, 0.2) is 219 Å². The molecule has 0 fully saturated rings. The Bertz CT molecular complexity index is 2510. The van der Waals surface area contributed by atoms with Gasteiger partial charge in [-0.1, -0.05) is 348 Å². The Morgan fingerprint density at radius 2 is 0.524 bits per heavy atom. The third-order valence-electron chi connectivity index (χ3n) is 16.7. The van der Waals surface area contributed by atoms with Crippen LogP contribution >= 0.6 is 0 Å². The number of esters is 2. The summed E-state index contributed by atoms with van der Waals surface area (Å²) in [6, 6.07) is 0. The molecule has 0 aliphatic carbocycles. The van der Waals surface area contributed by atoms with Crippen LogP contribution in [-0.4, -0.2) is 82.3 Å². The highest BCUT2D eigenvalue weighted by Gasteiger charge is 2.22. The van der Waals surface area contributed by atoms with Crippen molar-refractivity contribution in [1.29, 1.82) is 0 Å². The first-order chi connectivity index (χ1) is 50.6. The smallest absolute Gasteiger partial charge is 0.306 e. The van der Waals surface area contributed by atoms with E-state index in [1.807, 2.05) is 21.1 Å². The number of likely N-dealkylation sites (N-methyl/N-ethyl adjacent to an activating group) is 1. The number of hydrogen-bond donors (Lipinski definition) is 0. The van der Waals surface area contributed by atoms with E-state index in [1.165, 1.54) is 116 Å². The topological polar surface area (TPSA) is 111 Å². The normalized spacial score (nSPS) is 13.8. The summed E-state index contributed by atoms with van der Waals surface area (Å²) in [5.74, 6) is -2.36. The van der Waals surface area contributed by atoms with Gasteiger partial charge in [0, 0.05) is 12.8 Å². The predicted molar refractivity (Wildman–Crippen MR) is 443 cm³/mol. The molecule has 0 aromatic heterocycles. The summed E-state index contributed by atoms with van der Waals surface area (Å²) in [6.45, 7) is 4.46. The average molecular weight is 1420 g/mol. The van der Waals surface area contributed by atoms with Crippen LogP contribution in [-0.2, 0) is 33.3 Å². The van der Waals surface area contributed by atoms with E-state index >= 15 is 0 Å². The second kappa shape index (κ2) is 81.3. The molecule has 0 aliphatic rings. The van der Waals surface area contributed by atoms with Crippen LogP contribution in [0.1, 0.15) is 296 Å². The Balaban J connectivity index is 4.16. The van der Waals surface area contributed by atoms with E-state index in [0.29, 0.717) is 17.4 Å². The molecule has 0 rings (SSSR count). The maximum atomic E-state index is 13.0. The Morgan fingerprint density at radius 1 is 0.291 bits per heavy atom. The standard InChI is InChI=1S/C94H149NO8/c1-6-8-10-12-14-16-18-20-22-24-26-28-30-32-34-36-38-40-42-44-46-48-50-52-54-56-58-60-62-64-66-68-70-72-74-76-78-80-82-84-91(96)101-88-90(89-102-94(93(98)99)100-87-86-95(3,4)5)103-92(97)85-83-81-79-77-75-73-71-69-67-65-63-61-59-57-55-53-51-49-47-45-43-41-39-37-35-33-31-29-27-25-23-21-19-17-15-13-11-9-7-2/h8-11,14-17,20-23,26-29,32-35,38-41,45,47,51,53,57,59,63,65,69,71,75,77,90,94H,6-7,12-13,18-19,24-25,30-31,36-37,42-44,46,48-50,52,54-56,58,60-62,64,66-68,70,72-74,76,78-89H2,1-5H3/b10-8-,11-9-,16-14-,17-15-,22-20-,23-21-,28-26-,29-27-,34-32-,35-33-,40-38-,41-39-,47-45-,53-51-,59-57-,65-63-,71-69-,77-75-. The molecular formula is C94H149NO8. The molecule has 0 amide bonds. The molecule has 0 bridgehead atoms. The van der Waals surface area contributed by atoms with Crippen molar-refractivity contribution < 1.29 is 42.9 Å². The van der Waals surface area contributed by atoms with E-state index < -0.39 is 24.3 Å². The Morgan fingerprint density at radius 3 is 0.796 bits per heavy atom. The Hall–Kier alpha value is -6.39. The van der Waals surface area contributed by atoms with Crippen LogP contribution < -0.4 is 5.11 Å². The molecule has 0 radical (unpaired) electrons. The molecule has 103 heavy (non-hydrogen) atoms. The van der Waals surface area contributed by atoms with Crippen molar-refractivity contribution in [3.05, 3.63) is 219 Å². The molecule has 0 aromatic carbocycles. The second-order valence-electron chi connectivity index (χ2n) is 27.6. The number of carbonyl (C=O) groups is 3. The largest absolute Gasteiger partial charge is 0.545 e. The van der Waals surface area contributed by atoms with E-state index in [-0.39, 0.29) is 38.6 Å². The maximum absolute atomic E-state index is 13.0. The van der Waals surface area contributed by atoms with Gasteiger partial charge in [0.05, 0.1) is 40.3 Å². The van der Waals surface area contributed by atoms with Crippen LogP contribution in [0.4, 0.5) is 0 Å². The summed E-state index contributed by atoms with van der Waals surface area (Å²) in [5, 5.41) is 11.9. The quantitative estimate of drug-likeness (QED) is 0.0195. The van der Waals surface area contributed by atoms with Crippen LogP contribution in [0.5, 0.6) is 0 Å². The summed E-state index contributed by atoms with van der Waals surface area (Å²) in [4.78, 5) is 37.6. The minimum Gasteiger partial charge on any atom is -0.545 e. The molecule has 578 valence electrons. The zero-order valence-corrected chi connectivity index (χ0v) is 66.1. The molecule has 9 nitrogen and oxygen atoms in total. The lowest BCUT2D eigenvalue weighted by Crippen LogP contribution is -2.44. The molecule has 0 saturated heterocycles. The van der Waals surface area contributed by atoms with Crippen LogP contribution in [0.25, 0.3) is 0 Å². The van der Waals surface area contributed by atoms with Crippen molar-refractivity contribution in [1.82, 2.24) is 0 Å². The molecule has 2 atom stereocenters. The summed E-state index contributed by atoms with van der Waals surface area (Å²) in [5.41, 5.74) is 0. The zero-order chi connectivity index (χ0) is 74.6. The zero-order valence-electron chi connectivity index (χ0n) is 66.1. The van der Waals surface area contributed by atoms with Gasteiger partial charge in [0.25, 0.3) is 0 Å². The molecule has 0 N–H and O–H groups in total. The highest BCUT2D eigenvalue weighted by atomic mass is 16.7. The summed E-state index contributed by atoms with van der Waals surface area (Å²) in [7, 11) is 5.91. The number of hydrogen-bond acceptors (Lipinski definition) is 8. The van der Waals surface area contributed by atoms with Gasteiger partial charge in [-0.3, -0.25) is 9.59 Å². The number of ether oxygens (including phenoxy) is 4. The van der Waals surface area contributed by atoms with Gasteiger partial charge >= 0.3 is 11.9 Å². The number of quaternary nitrogens is 1. The summed E-state index contributed by atoms with van der Waals surface area (Å²) >= 11 is 0. The van der Waals surface area contributed by atoms with Crippen LogP contribution in [0.2, 0.25) is 0 Å². The number of nitrogens with zero attached hydrogens (tertiary/aromatic N) is 1. The van der Waals surface area contributed by atoms with Crippen molar-refractivity contribution >= 4 is 17.9 Å².